The summed E-state index contributed by atoms with van der Waals surface area (Å²) in [5.41, 5.74) is 1.45. The maximum absolute atomic E-state index is 3.74. The smallest absolute Gasteiger partial charge is 0.0351 e. The molecular formula is C17H26BrN. The Morgan fingerprint density at radius 1 is 1.26 bits per heavy atom. The number of hydrogen-bond acceptors (Lipinski definition) is 1. The molecule has 2 rings (SSSR count). The average Bonchev–Trinajstić information content (AvgIpc) is 2.45. The molecule has 1 aromatic rings. The molecule has 3 unspecified atom stereocenters. The third-order valence-corrected chi connectivity index (χ3v) is 5.05. The van der Waals surface area contributed by atoms with E-state index in [9.17, 15) is 0 Å². The molecule has 0 bridgehead atoms. The second kappa shape index (κ2) is 7.44. The molecule has 1 nitrogen and oxygen atoms in total. The maximum atomic E-state index is 3.74. The highest BCUT2D eigenvalue weighted by Gasteiger charge is 2.31. The molecule has 1 N–H and O–H groups in total. The Morgan fingerprint density at radius 2 is 2.05 bits per heavy atom. The fourth-order valence-corrected chi connectivity index (χ4v) is 4.04. The first-order valence-electron chi connectivity index (χ1n) is 7.75. The summed E-state index contributed by atoms with van der Waals surface area (Å²) in [4.78, 5) is 0. The minimum Gasteiger partial charge on any atom is -0.310 e. The molecule has 0 saturated heterocycles. The van der Waals surface area contributed by atoms with Crippen molar-refractivity contribution in [3.8, 4) is 0 Å². The molecule has 1 aliphatic rings. The second-order valence-electron chi connectivity index (χ2n) is 5.71. The van der Waals surface area contributed by atoms with Crippen molar-refractivity contribution in [1.29, 1.82) is 0 Å². The Labute approximate surface area is 126 Å². The van der Waals surface area contributed by atoms with Crippen LogP contribution in [0, 0.1) is 11.8 Å². The van der Waals surface area contributed by atoms with Crippen molar-refractivity contribution in [3.05, 3.63) is 34.3 Å². The van der Waals surface area contributed by atoms with E-state index in [4.69, 9.17) is 0 Å². The van der Waals surface area contributed by atoms with Gasteiger partial charge in [-0.2, -0.15) is 0 Å². The third-order valence-electron chi connectivity index (χ3n) is 4.55. The quantitative estimate of drug-likeness (QED) is 0.773. The lowest BCUT2D eigenvalue weighted by molar-refractivity contribution is 0.176. The van der Waals surface area contributed by atoms with Gasteiger partial charge in [0.1, 0.15) is 0 Å². The standard InChI is InChI=1S/C17H26BrN/c1-3-13-8-5-6-11-16(13)17(19-4-2)14-9-7-10-15(18)12-14/h7,9-10,12-13,16-17,19H,3-6,8,11H2,1-2H3. The van der Waals surface area contributed by atoms with Crippen molar-refractivity contribution >= 4 is 15.9 Å². The van der Waals surface area contributed by atoms with Gasteiger partial charge >= 0.3 is 0 Å². The van der Waals surface area contributed by atoms with Crippen LogP contribution in [0.1, 0.15) is 57.6 Å². The Kier molecular flexibility index (Phi) is 5.90. The van der Waals surface area contributed by atoms with Gasteiger partial charge < -0.3 is 5.32 Å². The molecule has 3 atom stereocenters. The van der Waals surface area contributed by atoms with E-state index in [0.717, 1.165) is 18.4 Å². The summed E-state index contributed by atoms with van der Waals surface area (Å²) in [7, 11) is 0. The van der Waals surface area contributed by atoms with Crippen LogP contribution in [0.2, 0.25) is 0 Å². The number of benzene rings is 1. The molecule has 0 radical (unpaired) electrons. The number of nitrogens with one attached hydrogen (secondary N) is 1. The molecular weight excluding hydrogens is 298 g/mol. The molecule has 106 valence electrons. The predicted octanol–water partition coefficient (Wildman–Crippen LogP) is 5.32. The summed E-state index contributed by atoms with van der Waals surface area (Å²) in [6.45, 7) is 5.62. The predicted molar refractivity (Wildman–Crippen MR) is 86.3 cm³/mol. The van der Waals surface area contributed by atoms with Gasteiger partial charge in [0.25, 0.3) is 0 Å². The molecule has 1 aliphatic carbocycles. The van der Waals surface area contributed by atoms with Crippen LogP contribution in [0.4, 0.5) is 0 Å². The van der Waals surface area contributed by atoms with Crippen molar-refractivity contribution < 1.29 is 0 Å². The fraction of sp³-hybridized carbons (Fsp3) is 0.647. The van der Waals surface area contributed by atoms with E-state index in [2.05, 4.69) is 59.4 Å². The van der Waals surface area contributed by atoms with Gasteiger partial charge in [-0.1, -0.05) is 67.6 Å². The SMILES string of the molecule is CCNC(c1cccc(Br)c1)C1CCCCC1CC. The average molecular weight is 324 g/mol. The van der Waals surface area contributed by atoms with Crippen LogP contribution < -0.4 is 5.32 Å². The second-order valence-corrected chi connectivity index (χ2v) is 6.62. The summed E-state index contributed by atoms with van der Waals surface area (Å²) < 4.78 is 1.19. The van der Waals surface area contributed by atoms with E-state index in [-0.39, 0.29) is 0 Å². The van der Waals surface area contributed by atoms with Crippen LogP contribution in [0.5, 0.6) is 0 Å². The summed E-state index contributed by atoms with van der Waals surface area (Å²) in [6.07, 6.45) is 6.93. The van der Waals surface area contributed by atoms with Crippen molar-refractivity contribution in [2.75, 3.05) is 6.54 Å². The summed E-state index contributed by atoms with van der Waals surface area (Å²) in [5, 5.41) is 3.74. The van der Waals surface area contributed by atoms with Gasteiger partial charge in [-0.3, -0.25) is 0 Å². The number of halogens is 1. The molecule has 0 aliphatic heterocycles. The van der Waals surface area contributed by atoms with Crippen LogP contribution in [0.25, 0.3) is 0 Å². The van der Waals surface area contributed by atoms with E-state index in [1.54, 1.807) is 0 Å². The first-order chi connectivity index (χ1) is 9.26. The molecule has 0 spiro atoms. The van der Waals surface area contributed by atoms with E-state index in [1.165, 1.54) is 42.1 Å². The molecule has 0 heterocycles. The van der Waals surface area contributed by atoms with Gasteiger partial charge in [-0.05, 0) is 42.5 Å². The molecule has 1 aromatic carbocycles. The zero-order chi connectivity index (χ0) is 13.7. The first-order valence-corrected chi connectivity index (χ1v) is 8.54. The summed E-state index contributed by atoms with van der Waals surface area (Å²) in [6, 6.07) is 9.36. The molecule has 1 saturated carbocycles. The lowest BCUT2D eigenvalue weighted by atomic mass is 9.72. The van der Waals surface area contributed by atoms with Crippen molar-refractivity contribution in [1.82, 2.24) is 5.32 Å². The molecule has 2 heteroatoms. The Bertz CT molecular complexity index is 391. The highest BCUT2D eigenvalue weighted by atomic mass is 79.9. The van der Waals surface area contributed by atoms with E-state index < -0.39 is 0 Å². The monoisotopic (exact) mass is 323 g/mol. The van der Waals surface area contributed by atoms with Crippen molar-refractivity contribution in [2.24, 2.45) is 11.8 Å². The van der Waals surface area contributed by atoms with Gasteiger partial charge in [0.05, 0.1) is 0 Å². The first kappa shape index (κ1) is 15.1. The van der Waals surface area contributed by atoms with Crippen molar-refractivity contribution in [3.63, 3.8) is 0 Å². The molecule has 1 fully saturated rings. The van der Waals surface area contributed by atoms with E-state index in [0.29, 0.717) is 6.04 Å². The highest BCUT2D eigenvalue weighted by molar-refractivity contribution is 9.10. The van der Waals surface area contributed by atoms with Crippen LogP contribution in [0.3, 0.4) is 0 Å². The molecule has 19 heavy (non-hydrogen) atoms. The largest absolute Gasteiger partial charge is 0.310 e. The Hall–Kier alpha value is -0.340. The van der Waals surface area contributed by atoms with Crippen LogP contribution in [-0.2, 0) is 0 Å². The summed E-state index contributed by atoms with van der Waals surface area (Å²) >= 11 is 3.61. The number of rotatable bonds is 5. The van der Waals surface area contributed by atoms with Gasteiger partial charge in [-0.15, -0.1) is 0 Å². The van der Waals surface area contributed by atoms with Crippen molar-refractivity contribution in [2.45, 2.75) is 52.0 Å². The Balaban J connectivity index is 2.23. The number of hydrogen-bond donors (Lipinski definition) is 1. The van der Waals surface area contributed by atoms with E-state index in [1.807, 2.05) is 0 Å². The zero-order valence-electron chi connectivity index (χ0n) is 12.2. The van der Waals surface area contributed by atoms with Crippen LogP contribution in [-0.4, -0.2) is 6.54 Å². The fourth-order valence-electron chi connectivity index (χ4n) is 3.62. The van der Waals surface area contributed by atoms with Gasteiger partial charge in [0.2, 0.25) is 0 Å². The van der Waals surface area contributed by atoms with E-state index >= 15 is 0 Å². The Morgan fingerprint density at radius 3 is 2.74 bits per heavy atom. The van der Waals surface area contributed by atoms with Gasteiger partial charge in [0.15, 0.2) is 0 Å². The van der Waals surface area contributed by atoms with Gasteiger partial charge in [0, 0.05) is 10.5 Å². The van der Waals surface area contributed by atoms with Crippen LogP contribution >= 0.6 is 15.9 Å². The van der Waals surface area contributed by atoms with Gasteiger partial charge in [-0.25, -0.2) is 0 Å². The topological polar surface area (TPSA) is 12.0 Å². The lowest BCUT2D eigenvalue weighted by Gasteiger charge is -2.37. The lowest BCUT2D eigenvalue weighted by Crippen LogP contribution is -2.34. The summed E-state index contributed by atoms with van der Waals surface area (Å²) in [5.74, 6) is 1.68. The maximum Gasteiger partial charge on any atom is 0.0351 e. The third kappa shape index (κ3) is 3.82. The normalized spacial score (nSPS) is 25.2. The minimum absolute atomic E-state index is 0.521. The zero-order valence-corrected chi connectivity index (χ0v) is 13.7. The molecule has 0 amide bonds. The molecule has 0 aromatic heterocycles. The minimum atomic E-state index is 0.521. The highest BCUT2D eigenvalue weighted by Crippen LogP contribution is 2.40. The van der Waals surface area contributed by atoms with Crippen LogP contribution in [0.15, 0.2) is 28.7 Å².